The van der Waals surface area contributed by atoms with Crippen molar-refractivity contribution in [1.82, 2.24) is 24.3 Å². The van der Waals surface area contributed by atoms with Crippen molar-refractivity contribution in [3.05, 3.63) is 77.4 Å². The van der Waals surface area contributed by atoms with Gasteiger partial charge in [-0.2, -0.15) is 5.10 Å². The van der Waals surface area contributed by atoms with E-state index in [4.69, 9.17) is 0 Å². The number of hydrogen-bond acceptors (Lipinski definition) is 6. The number of para-hydroxylation sites is 1. The highest BCUT2D eigenvalue weighted by Gasteiger charge is 2.28. The van der Waals surface area contributed by atoms with E-state index in [1.165, 1.54) is 17.3 Å². The molecule has 1 fully saturated rings. The molecule has 0 bridgehead atoms. The SMILES string of the molecule is CC(C(=O)Nc1ccc(NC(=O)CCc2nc3ccccc3c(=O)n2C2CC2)cc1)n1cncn1. The fourth-order valence-electron chi connectivity index (χ4n) is 3.95. The number of carbonyl (C=O) groups excluding carboxylic acids is 2. The number of anilines is 2. The highest BCUT2D eigenvalue weighted by Crippen LogP contribution is 2.35. The third-order valence-corrected chi connectivity index (χ3v) is 6.02. The van der Waals surface area contributed by atoms with E-state index >= 15 is 0 Å². The van der Waals surface area contributed by atoms with Crippen LogP contribution in [0.2, 0.25) is 0 Å². The highest BCUT2D eigenvalue weighted by atomic mass is 16.2. The first-order valence-electron chi connectivity index (χ1n) is 11.5. The molecule has 35 heavy (non-hydrogen) atoms. The first-order valence-corrected chi connectivity index (χ1v) is 11.5. The number of carbonyl (C=O) groups is 2. The fourth-order valence-corrected chi connectivity index (χ4v) is 3.95. The predicted octanol–water partition coefficient (Wildman–Crippen LogP) is 3.09. The van der Waals surface area contributed by atoms with Gasteiger partial charge in [-0.25, -0.2) is 14.6 Å². The Bertz CT molecular complexity index is 1420. The Labute approximate surface area is 201 Å². The molecule has 2 heterocycles. The van der Waals surface area contributed by atoms with Crippen LogP contribution in [0, 0.1) is 0 Å². The molecule has 2 aromatic carbocycles. The van der Waals surface area contributed by atoms with Gasteiger partial charge < -0.3 is 10.6 Å². The second-order valence-corrected chi connectivity index (χ2v) is 8.62. The first-order chi connectivity index (χ1) is 17.0. The monoisotopic (exact) mass is 471 g/mol. The van der Waals surface area contributed by atoms with Crippen LogP contribution in [0.25, 0.3) is 10.9 Å². The van der Waals surface area contributed by atoms with Gasteiger partial charge in [0.2, 0.25) is 11.8 Å². The third-order valence-electron chi connectivity index (χ3n) is 6.02. The summed E-state index contributed by atoms with van der Waals surface area (Å²) in [5.41, 5.74) is 1.84. The quantitative estimate of drug-likeness (QED) is 0.407. The Balaban J connectivity index is 1.20. The summed E-state index contributed by atoms with van der Waals surface area (Å²) >= 11 is 0. The molecule has 4 aromatic rings. The smallest absolute Gasteiger partial charge is 0.261 e. The topological polar surface area (TPSA) is 124 Å². The summed E-state index contributed by atoms with van der Waals surface area (Å²) < 4.78 is 3.23. The van der Waals surface area contributed by atoms with Gasteiger partial charge in [-0.05, 0) is 56.2 Å². The van der Waals surface area contributed by atoms with Crippen LogP contribution in [0.15, 0.2) is 66.0 Å². The number of amides is 2. The Morgan fingerprint density at radius 1 is 1.06 bits per heavy atom. The minimum atomic E-state index is -0.506. The molecule has 2 N–H and O–H groups in total. The number of nitrogens with one attached hydrogen (secondary N) is 2. The van der Waals surface area contributed by atoms with E-state index in [2.05, 4.69) is 25.7 Å². The molecule has 1 saturated carbocycles. The molecule has 10 heteroatoms. The summed E-state index contributed by atoms with van der Waals surface area (Å²) in [5, 5.41) is 10.3. The minimum Gasteiger partial charge on any atom is -0.326 e. The molecule has 178 valence electrons. The Kier molecular flexibility index (Phi) is 6.09. The van der Waals surface area contributed by atoms with Gasteiger partial charge in [0, 0.05) is 30.3 Å². The minimum absolute atomic E-state index is 0.0377. The lowest BCUT2D eigenvalue weighted by Crippen LogP contribution is -2.25. The van der Waals surface area contributed by atoms with Crippen molar-refractivity contribution in [3.8, 4) is 0 Å². The molecule has 0 spiro atoms. The van der Waals surface area contributed by atoms with Crippen LogP contribution in [0.4, 0.5) is 11.4 Å². The van der Waals surface area contributed by atoms with Crippen molar-refractivity contribution in [1.29, 1.82) is 0 Å². The maximum Gasteiger partial charge on any atom is 0.261 e. The molecule has 1 aliphatic rings. The number of aryl methyl sites for hydroxylation is 1. The summed E-state index contributed by atoms with van der Waals surface area (Å²) in [7, 11) is 0. The van der Waals surface area contributed by atoms with Crippen LogP contribution in [0.5, 0.6) is 0 Å². The molecule has 5 rings (SSSR count). The molecule has 1 atom stereocenters. The van der Waals surface area contributed by atoms with Crippen LogP contribution < -0.4 is 16.2 Å². The average molecular weight is 472 g/mol. The molecule has 0 radical (unpaired) electrons. The zero-order valence-corrected chi connectivity index (χ0v) is 19.2. The lowest BCUT2D eigenvalue weighted by molar-refractivity contribution is -0.119. The average Bonchev–Trinajstić information content (AvgIpc) is 3.55. The van der Waals surface area contributed by atoms with E-state index in [9.17, 15) is 14.4 Å². The van der Waals surface area contributed by atoms with Gasteiger partial charge in [0.15, 0.2) is 0 Å². The fraction of sp³-hybridized carbons (Fsp3) is 0.280. The van der Waals surface area contributed by atoms with Crippen molar-refractivity contribution < 1.29 is 9.59 Å². The van der Waals surface area contributed by atoms with Crippen LogP contribution in [-0.2, 0) is 16.0 Å². The number of nitrogens with zero attached hydrogens (tertiary/aromatic N) is 5. The van der Waals surface area contributed by atoms with Gasteiger partial charge in [-0.1, -0.05) is 12.1 Å². The molecule has 2 aromatic heterocycles. The van der Waals surface area contributed by atoms with Crippen molar-refractivity contribution in [2.24, 2.45) is 0 Å². The summed E-state index contributed by atoms with van der Waals surface area (Å²) in [4.78, 5) is 46.5. The highest BCUT2D eigenvalue weighted by molar-refractivity contribution is 5.94. The number of benzene rings is 2. The number of fused-ring (bicyclic) bond motifs is 1. The van der Waals surface area contributed by atoms with E-state index in [1.54, 1.807) is 41.8 Å². The van der Waals surface area contributed by atoms with Gasteiger partial charge in [-0.3, -0.25) is 19.0 Å². The molecular formula is C25H25N7O3. The van der Waals surface area contributed by atoms with E-state index in [0.29, 0.717) is 34.5 Å². The molecule has 0 saturated heterocycles. The Hall–Kier alpha value is -4.34. The van der Waals surface area contributed by atoms with Crippen molar-refractivity contribution in [3.63, 3.8) is 0 Å². The maximum absolute atomic E-state index is 13.0. The lowest BCUT2D eigenvalue weighted by atomic mass is 10.2. The van der Waals surface area contributed by atoms with Crippen molar-refractivity contribution >= 4 is 34.1 Å². The van der Waals surface area contributed by atoms with E-state index in [1.807, 2.05) is 18.2 Å². The molecule has 2 amide bonds. The molecule has 0 aliphatic heterocycles. The summed E-state index contributed by atoms with van der Waals surface area (Å²) in [6.07, 6.45) is 5.35. The molecule has 1 unspecified atom stereocenters. The number of rotatable bonds is 8. The number of hydrogen-bond donors (Lipinski definition) is 2. The van der Waals surface area contributed by atoms with E-state index < -0.39 is 6.04 Å². The van der Waals surface area contributed by atoms with Gasteiger partial charge >= 0.3 is 0 Å². The van der Waals surface area contributed by atoms with Crippen LogP contribution in [0.3, 0.4) is 0 Å². The zero-order chi connectivity index (χ0) is 24.4. The largest absolute Gasteiger partial charge is 0.326 e. The zero-order valence-electron chi connectivity index (χ0n) is 19.2. The Morgan fingerprint density at radius 2 is 1.77 bits per heavy atom. The standard InChI is InChI=1S/C25H25N7O3/c1-16(31-15-26-14-27-31)24(34)29-18-8-6-17(7-9-18)28-23(33)13-12-22-30-21-5-3-2-4-20(21)25(35)32(22)19-10-11-19/h2-9,14-16,19H,10-13H2,1H3,(H,28,33)(H,29,34). The van der Waals surface area contributed by atoms with E-state index in [-0.39, 0.29) is 29.8 Å². The first kappa shape index (κ1) is 22.5. The van der Waals surface area contributed by atoms with Gasteiger partial charge in [0.1, 0.15) is 24.5 Å². The summed E-state index contributed by atoms with van der Waals surface area (Å²) in [6.45, 7) is 1.73. The van der Waals surface area contributed by atoms with Crippen molar-refractivity contribution in [2.75, 3.05) is 10.6 Å². The number of aromatic nitrogens is 5. The predicted molar refractivity (Wildman–Crippen MR) is 131 cm³/mol. The van der Waals surface area contributed by atoms with Crippen LogP contribution in [-0.4, -0.2) is 36.1 Å². The van der Waals surface area contributed by atoms with E-state index in [0.717, 1.165) is 12.8 Å². The van der Waals surface area contributed by atoms with Gasteiger partial charge in [0.05, 0.1) is 10.9 Å². The molecular weight excluding hydrogens is 446 g/mol. The normalized spacial score (nSPS) is 14.0. The lowest BCUT2D eigenvalue weighted by Gasteiger charge is -2.13. The molecule has 10 nitrogen and oxygen atoms in total. The van der Waals surface area contributed by atoms with Crippen LogP contribution in [0.1, 0.15) is 44.1 Å². The summed E-state index contributed by atoms with van der Waals surface area (Å²) in [6, 6.07) is 13.9. The third kappa shape index (κ3) is 4.96. The van der Waals surface area contributed by atoms with Gasteiger partial charge in [0.25, 0.3) is 5.56 Å². The second kappa shape index (κ2) is 9.49. The maximum atomic E-state index is 13.0. The van der Waals surface area contributed by atoms with Crippen LogP contribution >= 0.6 is 0 Å². The van der Waals surface area contributed by atoms with Crippen molar-refractivity contribution in [2.45, 2.75) is 44.7 Å². The Morgan fingerprint density at radius 3 is 2.46 bits per heavy atom. The second-order valence-electron chi connectivity index (χ2n) is 8.62. The molecule has 1 aliphatic carbocycles. The van der Waals surface area contributed by atoms with Gasteiger partial charge in [-0.15, -0.1) is 0 Å². The summed E-state index contributed by atoms with van der Waals surface area (Å²) in [5.74, 6) is 0.245.